The van der Waals surface area contributed by atoms with Crippen LogP contribution in [-0.4, -0.2) is 84.9 Å². The fraction of sp³-hybridized carbons (Fsp3) is 0.481. The second-order valence-corrected chi connectivity index (χ2v) is 11.4. The number of amides is 3. The Morgan fingerprint density at radius 3 is 2.36 bits per heavy atom. The molecule has 0 radical (unpaired) electrons. The molecule has 1 aliphatic carbocycles. The van der Waals surface area contributed by atoms with Gasteiger partial charge < -0.3 is 25.4 Å². The number of nitrogens with one attached hydrogen (secondary N) is 3. The Hall–Kier alpha value is -2.37. The number of ether oxygens (including phenoxy) is 2. The maximum absolute atomic E-state index is 13.4. The average Bonchev–Trinajstić information content (AvgIpc) is 3.67. The molecule has 1 fully saturated rings. The molecule has 1 aromatic carbocycles. The summed E-state index contributed by atoms with van der Waals surface area (Å²) < 4.78 is 10.5. The summed E-state index contributed by atoms with van der Waals surface area (Å²) in [6, 6.07) is 6.40. The van der Waals surface area contributed by atoms with E-state index in [0.717, 1.165) is 5.56 Å². The molecule has 2 aliphatic rings. The number of methoxy groups -OCH3 is 1. The Bertz CT molecular complexity index is 1130. The molecule has 5 atom stereocenters. The fourth-order valence-electron chi connectivity index (χ4n) is 4.02. The molecule has 9 nitrogen and oxygen atoms in total. The molecule has 0 saturated carbocycles. The third-order valence-electron chi connectivity index (χ3n) is 6.35. The van der Waals surface area contributed by atoms with E-state index in [9.17, 15) is 19.2 Å². The van der Waals surface area contributed by atoms with Crippen LogP contribution in [0.25, 0.3) is 0 Å². The van der Waals surface area contributed by atoms with Crippen molar-refractivity contribution in [3.63, 3.8) is 0 Å². The van der Waals surface area contributed by atoms with E-state index in [-0.39, 0.29) is 48.2 Å². The highest BCUT2D eigenvalue weighted by Crippen LogP contribution is 2.29. The van der Waals surface area contributed by atoms with Gasteiger partial charge in [0.15, 0.2) is 5.78 Å². The van der Waals surface area contributed by atoms with Crippen molar-refractivity contribution in [1.82, 2.24) is 16.0 Å². The summed E-state index contributed by atoms with van der Waals surface area (Å²) in [5.74, 6) is -1.69. The van der Waals surface area contributed by atoms with Crippen LogP contribution in [0.4, 0.5) is 0 Å². The van der Waals surface area contributed by atoms with Crippen LogP contribution in [0.15, 0.2) is 53.1 Å². The smallest absolute Gasteiger partial charge is 0.249 e. The minimum atomic E-state index is -1.10. The molecule has 212 valence electrons. The summed E-state index contributed by atoms with van der Waals surface area (Å²) >= 11 is 13.6. The maximum atomic E-state index is 13.4. The molecular formula is C27H33Cl2N3O6S. The highest BCUT2D eigenvalue weighted by molar-refractivity contribution is 7.98. The lowest BCUT2D eigenvalue weighted by Gasteiger charge is -2.26. The number of halogens is 2. The predicted octanol–water partition coefficient (Wildman–Crippen LogP) is 2.11. The first-order valence-electron chi connectivity index (χ1n) is 12.4. The van der Waals surface area contributed by atoms with Gasteiger partial charge in [-0.05, 0) is 37.7 Å². The van der Waals surface area contributed by atoms with E-state index in [1.54, 1.807) is 25.3 Å². The van der Waals surface area contributed by atoms with Crippen molar-refractivity contribution in [2.75, 3.05) is 32.3 Å². The van der Waals surface area contributed by atoms with E-state index in [4.69, 9.17) is 32.7 Å². The number of benzene rings is 1. The van der Waals surface area contributed by atoms with Gasteiger partial charge in [-0.15, -0.1) is 11.6 Å². The second-order valence-electron chi connectivity index (χ2n) is 9.54. The molecule has 0 bridgehead atoms. The normalized spacial score (nSPS) is 22.4. The Morgan fingerprint density at radius 1 is 1.10 bits per heavy atom. The minimum absolute atomic E-state index is 0.138. The fourth-order valence-corrected chi connectivity index (χ4v) is 5.05. The lowest BCUT2D eigenvalue weighted by Crippen LogP contribution is -2.58. The number of Topliss-reactive ketones (excluding diaryl/α,β-unsaturated/α-hetero) is 1. The van der Waals surface area contributed by atoms with Crippen molar-refractivity contribution < 1.29 is 28.7 Å². The van der Waals surface area contributed by atoms with Crippen molar-refractivity contribution in [2.24, 2.45) is 0 Å². The van der Waals surface area contributed by atoms with E-state index in [1.165, 1.54) is 18.9 Å². The van der Waals surface area contributed by atoms with Crippen molar-refractivity contribution >= 4 is 58.5 Å². The number of epoxide rings is 1. The third-order valence-corrected chi connectivity index (χ3v) is 7.67. The van der Waals surface area contributed by atoms with E-state index in [0.29, 0.717) is 0 Å². The van der Waals surface area contributed by atoms with Gasteiger partial charge in [0.2, 0.25) is 17.7 Å². The van der Waals surface area contributed by atoms with Gasteiger partial charge in [-0.2, -0.15) is 11.8 Å². The molecule has 12 heteroatoms. The highest BCUT2D eigenvalue weighted by Gasteiger charge is 2.50. The molecule has 39 heavy (non-hydrogen) atoms. The van der Waals surface area contributed by atoms with Crippen LogP contribution in [-0.2, 0) is 35.1 Å². The summed E-state index contributed by atoms with van der Waals surface area (Å²) in [7, 11) is 1.39. The zero-order valence-corrected chi connectivity index (χ0v) is 24.3. The number of rotatable bonds is 14. The second kappa shape index (κ2) is 14.3. The quantitative estimate of drug-likeness (QED) is 0.221. The Balaban J connectivity index is 1.71. The van der Waals surface area contributed by atoms with Crippen LogP contribution in [0.1, 0.15) is 18.9 Å². The summed E-state index contributed by atoms with van der Waals surface area (Å²) in [5, 5.41) is 7.98. The van der Waals surface area contributed by atoms with Crippen molar-refractivity contribution in [2.45, 2.75) is 48.9 Å². The molecule has 3 rings (SSSR count). The van der Waals surface area contributed by atoms with E-state index in [2.05, 4.69) is 16.0 Å². The largest absolute Gasteiger partial charge is 0.382 e. The summed E-state index contributed by atoms with van der Waals surface area (Å²) in [6.45, 7) is 1.84. The lowest BCUT2D eigenvalue weighted by atomic mass is 9.94. The van der Waals surface area contributed by atoms with Gasteiger partial charge in [0.05, 0.1) is 24.6 Å². The number of hydrogen-bond acceptors (Lipinski definition) is 7. The van der Waals surface area contributed by atoms with E-state index in [1.807, 2.05) is 30.3 Å². The van der Waals surface area contributed by atoms with Gasteiger partial charge in [0.1, 0.15) is 17.7 Å². The molecule has 3 amide bonds. The Morgan fingerprint density at radius 2 is 1.74 bits per heavy atom. The van der Waals surface area contributed by atoms with Crippen molar-refractivity contribution in [3.8, 4) is 0 Å². The van der Waals surface area contributed by atoms with E-state index >= 15 is 0 Å². The molecule has 1 aromatic rings. The monoisotopic (exact) mass is 597 g/mol. The molecule has 1 saturated heterocycles. The topological polar surface area (TPSA) is 126 Å². The summed E-state index contributed by atoms with van der Waals surface area (Å²) in [4.78, 5) is 52.6. The molecule has 3 N–H and O–H groups in total. The lowest BCUT2D eigenvalue weighted by molar-refractivity contribution is -0.134. The molecule has 1 aliphatic heterocycles. The van der Waals surface area contributed by atoms with Gasteiger partial charge in [-0.3, -0.25) is 19.2 Å². The van der Waals surface area contributed by atoms with E-state index < -0.39 is 46.8 Å². The summed E-state index contributed by atoms with van der Waals surface area (Å²) in [5.41, 5.74) is 0.188. The van der Waals surface area contributed by atoms with Gasteiger partial charge in [0.25, 0.3) is 0 Å². The van der Waals surface area contributed by atoms with Crippen LogP contribution < -0.4 is 16.0 Å². The van der Waals surface area contributed by atoms with Crippen LogP contribution in [0.3, 0.4) is 0 Å². The summed E-state index contributed by atoms with van der Waals surface area (Å²) in [6.07, 6.45) is 5.50. The Kier molecular flexibility index (Phi) is 11.4. The number of ketones is 1. The molecule has 1 heterocycles. The maximum Gasteiger partial charge on any atom is 0.249 e. The predicted molar refractivity (Wildman–Crippen MR) is 152 cm³/mol. The number of thioether (sulfide) groups is 1. The Labute approximate surface area is 242 Å². The van der Waals surface area contributed by atoms with Crippen molar-refractivity contribution in [1.29, 1.82) is 0 Å². The SMILES string of the molecule is COC[C@H](NC(=O)C1=C(Cl)C=CC(Cl)C1)C(=O)N[C@H](CSC)C(=O)N[C@@H](Cc1ccccc1)C(=O)[C@@]1(C)CO1. The first-order valence-corrected chi connectivity index (χ1v) is 14.6. The van der Waals surface area contributed by atoms with Crippen LogP contribution >= 0.6 is 35.0 Å². The number of hydrogen-bond donors (Lipinski definition) is 3. The van der Waals surface area contributed by atoms with Crippen LogP contribution in [0.5, 0.6) is 0 Å². The zero-order valence-electron chi connectivity index (χ0n) is 22.0. The minimum Gasteiger partial charge on any atom is -0.382 e. The third kappa shape index (κ3) is 8.81. The first kappa shape index (κ1) is 31.2. The number of carbonyl (C=O) groups is 4. The molecule has 1 unspecified atom stereocenters. The van der Waals surface area contributed by atoms with Crippen molar-refractivity contribution in [3.05, 3.63) is 58.7 Å². The van der Waals surface area contributed by atoms with Gasteiger partial charge in [-0.1, -0.05) is 48.0 Å². The van der Waals surface area contributed by atoms with Gasteiger partial charge in [0, 0.05) is 23.5 Å². The molecule has 0 spiro atoms. The number of allylic oxidation sites excluding steroid dienone is 3. The standard InChI is InChI=1S/C27H33Cl2N3O6S/c1-27(15-38-27)23(33)20(11-16-7-5-4-6-8-16)30-26(36)22(14-39-3)32-25(35)21(13-37-2)31-24(34)18-12-17(28)9-10-19(18)29/h4-10,17,20-22H,11-15H2,1-3H3,(H,30,36)(H,31,34)(H,32,35)/t17?,20-,21-,22+,27+/m0/s1. The number of alkyl halides is 1. The van der Waals surface area contributed by atoms with Gasteiger partial charge >= 0.3 is 0 Å². The van der Waals surface area contributed by atoms with Crippen LogP contribution in [0.2, 0.25) is 0 Å². The molecule has 0 aromatic heterocycles. The average molecular weight is 599 g/mol. The zero-order chi connectivity index (χ0) is 28.6. The first-order chi connectivity index (χ1) is 18.6. The number of carbonyl (C=O) groups excluding carboxylic acids is 4. The molecular weight excluding hydrogens is 565 g/mol. The van der Waals surface area contributed by atoms with Gasteiger partial charge in [-0.25, -0.2) is 0 Å². The highest BCUT2D eigenvalue weighted by atomic mass is 35.5. The van der Waals surface area contributed by atoms with Crippen LogP contribution in [0, 0.1) is 0 Å².